The first-order valence-electron chi connectivity index (χ1n) is 4.90. The maximum atomic E-state index is 14.2. The normalized spacial score (nSPS) is 11.5. The summed E-state index contributed by atoms with van der Waals surface area (Å²) in [5.74, 6) is -2.98. The molecule has 0 aromatic heterocycles. The van der Waals surface area contributed by atoms with Crippen LogP contribution in [0.4, 0.5) is 8.78 Å². The predicted molar refractivity (Wildman–Crippen MR) is 71.3 cm³/mol. The Morgan fingerprint density at radius 3 is 2.00 bits per heavy atom. The highest BCUT2D eigenvalue weighted by Gasteiger charge is 2.33. The zero-order valence-electron chi connectivity index (χ0n) is 8.63. The van der Waals surface area contributed by atoms with Crippen LogP contribution in [0.1, 0.15) is 11.1 Å². The molecule has 0 spiro atoms. The molecule has 0 aliphatic rings. The molecule has 2 rings (SSSR count). The third kappa shape index (κ3) is 2.75. The van der Waals surface area contributed by atoms with Crippen molar-refractivity contribution in [2.75, 3.05) is 0 Å². The minimum atomic E-state index is -2.98. The van der Waals surface area contributed by atoms with Gasteiger partial charge in [-0.05, 0) is 24.3 Å². The van der Waals surface area contributed by atoms with Gasteiger partial charge in [-0.3, -0.25) is 0 Å². The van der Waals surface area contributed by atoms with Crippen LogP contribution in [-0.2, 0) is 5.92 Å². The van der Waals surface area contributed by atoms with Gasteiger partial charge in [0, 0.05) is 20.1 Å². The zero-order valence-corrected chi connectivity index (χ0v) is 11.8. The molecule has 0 fully saturated rings. The molecule has 0 heterocycles. The van der Waals surface area contributed by atoms with Gasteiger partial charge in [-0.25, -0.2) is 0 Å². The van der Waals surface area contributed by atoms with E-state index in [1.54, 1.807) is 24.3 Å². The SMILES string of the molecule is FC(F)(c1ccc(Br)cc1)c1cccc(Br)c1. The Hall–Kier alpha value is -0.740. The maximum Gasteiger partial charge on any atom is 0.298 e. The van der Waals surface area contributed by atoms with Crippen LogP contribution in [0.5, 0.6) is 0 Å². The van der Waals surface area contributed by atoms with E-state index in [9.17, 15) is 8.78 Å². The fraction of sp³-hybridized carbons (Fsp3) is 0.0769. The number of rotatable bonds is 2. The third-order valence-electron chi connectivity index (χ3n) is 2.39. The highest BCUT2D eigenvalue weighted by Crippen LogP contribution is 2.36. The molecule has 4 heteroatoms. The van der Waals surface area contributed by atoms with E-state index in [1.807, 2.05) is 0 Å². The lowest BCUT2D eigenvalue weighted by atomic mass is 10.0. The first-order chi connectivity index (χ1) is 8.00. The van der Waals surface area contributed by atoms with Gasteiger partial charge in [-0.2, -0.15) is 8.78 Å². The Bertz CT molecular complexity index is 521. The fourth-order valence-electron chi connectivity index (χ4n) is 1.51. The van der Waals surface area contributed by atoms with Crippen molar-refractivity contribution in [1.29, 1.82) is 0 Å². The van der Waals surface area contributed by atoms with Crippen LogP contribution in [0.2, 0.25) is 0 Å². The number of hydrogen-bond donors (Lipinski definition) is 0. The maximum absolute atomic E-state index is 14.2. The summed E-state index contributed by atoms with van der Waals surface area (Å²) < 4.78 is 29.8. The quantitative estimate of drug-likeness (QED) is 0.676. The van der Waals surface area contributed by atoms with Gasteiger partial charge in [0.25, 0.3) is 5.92 Å². The van der Waals surface area contributed by atoms with Crippen LogP contribution in [0.3, 0.4) is 0 Å². The fourth-order valence-corrected chi connectivity index (χ4v) is 2.17. The smallest absolute Gasteiger partial charge is 0.196 e. The molecule has 0 radical (unpaired) electrons. The van der Waals surface area contributed by atoms with Crippen LogP contribution < -0.4 is 0 Å². The number of alkyl halides is 2. The van der Waals surface area contributed by atoms with Crippen LogP contribution >= 0.6 is 31.9 Å². The third-order valence-corrected chi connectivity index (χ3v) is 3.42. The molecule has 0 saturated carbocycles. The topological polar surface area (TPSA) is 0 Å². The molecule has 0 unspecified atom stereocenters. The second-order valence-corrected chi connectivity index (χ2v) is 5.42. The molecule has 0 atom stereocenters. The van der Waals surface area contributed by atoms with Crippen molar-refractivity contribution >= 4 is 31.9 Å². The van der Waals surface area contributed by atoms with E-state index < -0.39 is 5.92 Å². The molecular formula is C13H8Br2F2. The van der Waals surface area contributed by atoms with Crippen molar-refractivity contribution in [1.82, 2.24) is 0 Å². The van der Waals surface area contributed by atoms with E-state index in [-0.39, 0.29) is 11.1 Å². The molecular weight excluding hydrogens is 354 g/mol. The van der Waals surface area contributed by atoms with Gasteiger partial charge in [-0.1, -0.05) is 56.1 Å². The summed E-state index contributed by atoms with van der Waals surface area (Å²) in [6, 6.07) is 12.3. The lowest BCUT2D eigenvalue weighted by Gasteiger charge is -2.17. The van der Waals surface area contributed by atoms with Crippen molar-refractivity contribution in [2.45, 2.75) is 5.92 Å². The van der Waals surface area contributed by atoms with E-state index in [4.69, 9.17) is 0 Å². The number of halogens is 4. The summed E-state index contributed by atoms with van der Waals surface area (Å²) >= 11 is 6.43. The monoisotopic (exact) mass is 360 g/mol. The second-order valence-electron chi connectivity index (χ2n) is 3.59. The van der Waals surface area contributed by atoms with Crippen molar-refractivity contribution in [2.24, 2.45) is 0 Å². The predicted octanol–water partition coefficient (Wildman–Crippen LogP) is 5.35. The largest absolute Gasteiger partial charge is 0.298 e. The van der Waals surface area contributed by atoms with Crippen LogP contribution in [0, 0.1) is 0 Å². The van der Waals surface area contributed by atoms with Crippen molar-refractivity contribution in [3.8, 4) is 0 Å². The van der Waals surface area contributed by atoms with Gasteiger partial charge in [0.15, 0.2) is 0 Å². The Morgan fingerprint density at radius 1 is 0.765 bits per heavy atom. The summed E-state index contributed by atoms with van der Waals surface area (Å²) in [5, 5.41) is 0. The average Bonchev–Trinajstić information content (AvgIpc) is 2.29. The Kier molecular flexibility index (Phi) is 3.64. The molecule has 17 heavy (non-hydrogen) atoms. The summed E-state index contributed by atoms with van der Waals surface area (Å²) in [6.45, 7) is 0. The standard InChI is InChI=1S/C13H8Br2F2/c14-11-6-4-9(5-7-11)13(16,17)10-2-1-3-12(15)8-10/h1-8H. The average molecular weight is 362 g/mol. The minimum absolute atomic E-state index is 0.0150. The van der Waals surface area contributed by atoms with E-state index in [0.29, 0.717) is 4.47 Å². The molecule has 0 aliphatic heterocycles. The minimum Gasteiger partial charge on any atom is -0.196 e. The van der Waals surface area contributed by atoms with Crippen LogP contribution in [0.25, 0.3) is 0 Å². The van der Waals surface area contributed by atoms with Gasteiger partial charge >= 0.3 is 0 Å². The molecule has 0 aliphatic carbocycles. The lowest BCUT2D eigenvalue weighted by Crippen LogP contribution is -2.14. The summed E-state index contributed by atoms with van der Waals surface area (Å²) in [6.07, 6.45) is 0. The van der Waals surface area contributed by atoms with Crippen molar-refractivity contribution in [3.63, 3.8) is 0 Å². The lowest BCUT2D eigenvalue weighted by molar-refractivity contribution is 0.0428. The summed E-state index contributed by atoms with van der Waals surface area (Å²) in [5.41, 5.74) is -0.0343. The van der Waals surface area contributed by atoms with Gasteiger partial charge in [-0.15, -0.1) is 0 Å². The Morgan fingerprint density at radius 2 is 1.41 bits per heavy atom. The molecule has 2 aromatic carbocycles. The molecule has 88 valence electrons. The summed E-state index contributed by atoms with van der Waals surface area (Å²) in [4.78, 5) is 0. The summed E-state index contributed by atoms with van der Waals surface area (Å²) in [7, 11) is 0. The van der Waals surface area contributed by atoms with Crippen LogP contribution in [-0.4, -0.2) is 0 Å². The molecule has 0 N–H and O–H groups in total. The van der Waals surface area contributed by atoms with E-state index in [1.165, 1.54) is 24.3 Å². The van der Waals surface area contributed by atoms with E-state index in [0.717, 1.165) is 4.47 Å². The van der Waals surface area contributed by atoms with Crippen LogP contribution in [0.15, 0.2) is 57.5 Å². The van der Waals surface area contributed by atoms with Gasteiger partial charge in [0.1, 0.15) is 0 Å². The molecule has 0 saturated heterocycles. The Balaban J connectivity index is 2.45. The van der Waals surface area contributed by atoms with Gasteiger partial charge < -0.3 is 0 Å². The highest BCUT2D eigenvalue weighted by molar-refractivity contribution is 9.10. The molecule has 0 nitrogen and oxygen atoms in total. The van der Waals surface area contributed by atoms with Gasteiger partial charge in [0.2, 0.25) is 0 Å². The second kappa shape index (κ2) is 4.86. The first-order valence-corrected chi connectivity index (χ1v) is 6.48. The van der Waals surface area contributed by atoms with E-state index >= 15 is 0 Å². The molecule has 0 amide bonds. The molecule has 0 bridgehead atoms. The van der Waals surface area contributed by atoms with E-state index in [2.05, 4.69) is 31.9 Å². The van der Waals surface area contributed by atoms with Crippen molar-refractivity contribution < 1.29 is 8.78 Å². The first kappa shape index (κ1) is 12.7. The molecule has 2 aromatic rings. The highest BCUT2D eigenvalue weighted by atomic mass is 79.9. The zero-order chi connectivity index (χ0) is 12.5. The number of hydrogen-bond acceptors (Lipinski definition) is 0. The Labute approximate surface area is 115 Å². The van der Waals surface area contributed by atoms with Crippen molar-refractivity contribution in [3.05, 3.63) is 68.6 Å². The van der Waals surface area contributed by atoms with Gasteiger partial charge in [0.05, 0.1) is 0 Å². The number of benzene rings is 2.